The van der Waals surface area contributed by atoms with Crippen molar-refractivity contribution in [3.05, 3.63) is 0 Å². The molecular weight excluding hydrogens is 280 g/mol. The molecule has 2 heteroatoms. The van der Waals surface area contributed by atoms with Gasteiger partial charge in [0.1, 0.15) is 6.04 Å². The number of piperidine rings is 1. The predicted molar refractivity (Wildman–Crippen MR) is 100.0 cm³/mol. The van der Waals surface area contributed by atoms with Crippen LogP contribution in [0, 0.1) is 11.5 Å². The Morgan fingerprint density at radius 2 is 1.43 bits per heavy atom. The number of likely N-dealkylation sites (tertiary alicyclic amines) is 1. The third kappa shape index (κ3) is 7.71. The van der Waals surface area contributed by atoms with Gasteiger partial charge >= 0.3 is 6.19 Å². The molecule has 1 heterocycles. The summed E-state index contributed by atoms with van der Waals surface area (Å²) in [5.41, 5.74) is 0. The molecule has 2 unspecified atom stereocenters. The Morgan fingerprint density at radius 3 is 2.04 bits per heavy atom. The second kappa shape index (κ2) is 12.8. The highest BCUT2D eigenvalue weighted by atomic mass is 15.4. The van der Waals surface area contributed by atoms with E-state index in [4.69, 9.17) is 0 Å². The first-order valence-corrected chi connectivity index (χ1v) is 10.6. The Labute approximate surface area is 145 Å². The molecule has 0 N–H and O–H groups in total. The van der Waals surface area contributed by atoms with E-state index in [1.807, 2.05) is 0 Å². The van der Waals surface area contributed by atoms with Crippen LogP contribution in [-0.4, -0.2) is 23.6 Å². The van der Waals surface area contributed by atoms with Gasteiger partial charge in [-0.1, -0.05) is 65.2 Å². The van der Waals surface area contributed by atoms with E-state index in [9.17, 15) is 5.26 Å². The van der Waals surface area contributed by atoms with E-state index in [2.05, 4.69) is 20.0 Å². The minimum absolute atomic E-state index is 0.628. The number of quaternary nitrogens is 1. The molecular formula is C21H41N2+. The van der Waals surface area contributed by atoms with Crippen LogP contribution in [0.3, 0.4) is 0 Å². The van der Waals surface area contributed by atoms with Gasteiger partial charge in [0.2, 0.25) is 0 Å². The standard InChI is InChI=1S/C21H41N2/c1-3-5-7-8-9-10-11-12-14-18-23(20-22)19-15-13-17-21(23)16-6-4-2/h21H,3-19H2,1-2H3/q+1. The average Bonchev–Trinajstić information content (AvgIpc) is 2.59. The molecule has 1 rings (SSSR count). The Bertz CT molecular complexity index is 320. The number of nitriles is 1. The second-order valence-corrected chi connectivity index (χ2v) is 7.70. The molecule has 134 valence electrons. The van der Waals surface area contributed by atoms with Crippen molar-refractivity contribution in [3.8, 4) is 6.19 Å². The Morgan fingerprint density at radius 1 is 0.826 bits per heavy atom. The smallest absolute Gasteiger partial charge is 0.221 e. The molecule has 2 nitrogen and oxygen atoms in total. The maximum atomic E-state index is 9.86. The van der Waals surface area contributed by atoms with Crippen LogP contribution >= 0.6 is 0 Å². The molecule has 2 atom stereocenters. The van der Waals surface area contributed by atoms with Crippen molar-refractivity contribution >= 4 is 0 Å². The molecule has 1 saturated heterocycles. The van der Waals surface area contributed by atoms with Gasteiger partial charge in [-0.25, -0.2) is 4.48 Å². The molecule has 0 spiro atoms. The highest BCUT2D eigenvalue weighted by molar-refractivity contribution is 4.74. The Balaban J connectivity index is 2.22. The maximum absolute atomic E-state index is 9.86. The predicted octanol–water partition coefficient (Wildman–Crippen LogP) is 6.56. The third-order valence-electron chi connectivity index (χ3n) is 5.79. The summed E-state index contributed by atoms with van der Waals surface area (Å²) in [5, 5.41) is 9.86. The maximum Gasteiger partial charge on any atom is 0.308 e. The Kier molecular flexibility index (Phi) is 11.4. The van der Waals surface area contributed by atoms with Crippen molar-refractivity contribution in [2.45, 2.75) is 116 Å². The number of nitrogens with zero attached hydrogens (tertiary/aromatic N) is 2. The minimum Gasteiger partial charge on any atom is -0.221 e. The summed E-state index contributed by atoms with van der Waals surface area (Å²) in [6.07, 6.45) is 22.8. The van der Waals surface area contributed by atoms with Crippen LogP contribution in [0.5, 0.6) is 0 Å². The quantitative estimate of drug-likeness (QED) is 0.214. The van der Waals surface area contributed by atoms with Crippen LogP contribution in [0.25, 0.3) is 0 Å². The topological polar surface area (TPSA) is 23.8 Å². The van der Waals surface area contributed by atoms with E-state index in [0.717, 1.165) is 17.6 Å². The number of rotatable bonds is 13. The lowest BCUT2D eigenvalue weighted by Gasteiger charge is -2.40. The van der Waals surface area contributed by atoms with E-state index in [-0.39, 0.29) is 0 Å². The summed E-state index contributed by atoms with van der Waals surface area (Å²) >= 11 is 0. The van der Waals surface area contributed by atoms with Crippen molar-refractivity contribution in [1.29, 1.82) is 5.26 Å². The third-order valence-corrected chi connectivity index (χ3v) is 5.79. The van der Waals surface area contributed by atoms with Gasteiger partial charge in [-0.05, 0) is 32.1 Å². The fourth-order valence-corrected chi connectivity index (χ4v) is 4.22. The summed E-state index contributed by atoms with van der Waals surface area (Å²) in [4.78, 5) is 0. The van der Waals surface area contributed by atoms with Gasteiger partial charge in [0.05, 0.1) is 13.1 Å². The first kappa shape index (κ1) is 20.5. The van der Waals surface area contributed by atoms with E-state index >= 15 is 0 Å². The van der Waals surface area contributed by atoms with E-state index in [1.165, 1.54) is 96.3 Å². The molecule has 0 aliphatic carbocycles. The minimum atomic E-state index is 0.628. The van der Waals surface area contributed by atoms with Crippen LogP contribution in [0.15, 0.2) is 0 Å². The molecule has 0 saturated carbocycles. The van der Waals surface area contributed by atoms with Crippen LogP contribution in [-0.2, 0) is 0 Å². The summed E-state index contributed by atoms with van der Waals surface area (Å²) < 4.78 is 0.774. The van der Waals surface area contributed by atoms with E-state index in [1.54, 1.807) is 0 Å². The highest BCUT2D eigenvalue weighted by Crippen LogP contribution is 2.29. The summed E-state index contributed by atoms with van der Waals surface area (Å²) in [5.74, 6) is 0. The monoisotopic (exact) mass is 321 g/mol. The lowest BCUT2D eigenvalue weighted by atomic mass is 9.94. The molecule has 0 aromatic rings. The van der Waals surface area contributed by atoms with Crippen LogP contribution in [0.2, 0.25) is 0 Å². The first-order valence-electron chi connectivity index (χ1n) is 10.6. The van der Waals surface area contributed by atoms with Gasteiger partial charge in [-0.15, -0.1) is 5.26 Å². The molecule has 23 heavy (non-hydrogen) atoms. The normalized spacial score (nSPS) is 24.5. The van der Waals surface area contributed by atoms with Gasteiger partial charge in [0.25, 0.3) is 0 Å². The SMILES string of the molecule is CCCCCCCCCCC[N+]1(C#N)CCCCC1CCCC. The second-order valence-electron chi connectivity index (χ2n) is 7.70. The average molecular weight is 322 g/mol. The van der Waals surface area contributed by atoms with Crippen LogP contribution < -0.4 is 0 Å². The van der Waals surface area contributed by atoms with Gasteiger partial charge in [0, 0.05) is 12.8 Å². The zero-order valence-electron chi connectivity index (χ0n) is 16.0. The molecule has 0 aromatic carbocycles. The fraction of sp³-hybridized carbons (Fsp3) is 0.952. The van der Waals surface area contributed by atoms with Crippen molar-refractivity contribution in [2.24, 2.45) is 0 Å². The fourth-order valence-electron chi connectivity index (χ4n) is 4.22. The molecule has 0 aromatic heterocycles. The summed E-state index contributed by atoms with van der Waals surface area (Å²) in [6, 6.07) is 0.628. The molecule has 1 fully saturated rings. The lowest BCUT2D eigenvalue weighted by Crippen LogP contribution is -2.55. The van der Waals surface area contributed by atoms with Crippen LogP contribution in [0.1, 0.15) is 110 Å². The van der Waals surface area contributed by atoms with E-state index in [0.29, 0.717) is 6.04 Å². The van der Waals surface area contributed by atoms with Crippen molar-refractivity contribution in [3.63, 3.8) is 0 Å². The van der Waals surface area contributed by atoms with Crippen molar-refractivity contribution < 1.29 is 4.48 Å². The number of hydrogen-bond acceptors (Lipinski definition) is 1. The molecule has 0 amide bonds. The van der Waals surface area contributed by atoms with Crippen LogP contribution in [0.4, 0.5) is 0 Å². The van der Waals surface area contributed by atoms with Crippen molar-refractivity contribution in [2.75, 3.05) is 13.1 Å². The lowest BCUT2D eigenvalue weighted by molar-refractivity contribution is -0.897. The molecule has 0 bridgehead atoms. The van der Waals surface area contributed by atoms with E-state index < -0.39 is 0 Å². The van der Waals surface area contributed by atoms with Gasteiger partial charge in [-0.3, -0.25) is 0 Å². The highest BCUT2D eigenvalue weighted by Gasteiger charge is 2.39. The van der Waals surface area contributed by atoms with Crippen molar-refractivity contribution in [1.82, 2.24) is 0 Å². The van der Waals surface area contributed by atoms with Gasteiger partial charge in [-0.2, -0.15) is 0 Å². The number of unbranched alkanes of at least 4 members (excludes halogenated alkanes) is 9. The van der Waals surface area contributed by atoms with Gasteiger partial charge in [0.15, 0.2) is 0 Å². The summed E-state index contributed by atoms with van der Waals surface area (Å²) in [6.45, 7) is 6.77. The molecule has 1 aliphatic rings. The Hall–Kier alpha value is -0.550. The largest absolute Gasteiger partial charge is 0.308 e. The zero-order valence-corrected chi connectivity index (χ0v) is 16.0. The molecule has 0 radical (unpaired) electrons. The number of hydrogen-bond donors (Lipinski definition) is 0. The molecule has 1 aliphatic heterocycles. The zero-order chi connectivity index (χ0) is 16.8. The van der Waals surface area contributed by atoms with Gasteiger partial charge < -0.3 is 0 Å². The first-order chi connectivity index (χ1) is 11.3. The summed E-state index contributed by atoms with van der Waals surface area (Å²) in [7, 11) is 0.